The van der Waals surface area contributed by atoms with Gasteiger partial charge in [-0.15, -0.1) is 0 Å². The molecule has 0 saturated heterocycles. The van der Waals surface area contributed by atoms with Gasteiger partial charge in [-0.3, -0.25) is 4.79 Å². The summed E-state index contributed by atoms with van der Waals surface area (Å²) >= 11 is 0. The molecular formula is C21H20N2O4S. The number of oxazole rings is 1. The molecule has 0 N–H and O–H groups in total. The van der Waals surface area contributed by atoms with Crippen LogP contribution in [0.4, 0.5) is 0 Å². The lowest BCUT2D eigenvalue weighted by Gasteiger charge is -2.25. The number of hydrogen-bond acceptors (Lipinski definition) is 5. The SMILES string of the molecule is CS(=O)(=O)c1cccc(C(=O)N2CCc3oc(Cc4ccccc4)nc3C2)c1. The Kier molecular flexibility index (Phi) is 4.77. The first-order valence-electron chi connectivity index (χ1n) is 9.01. The molecule has 4 rings (SSSR count). The van der Waals surface area contributed by atoms with Crippen molar-refractivity contribution in [1.82, 2.24) is 9.88 Å². The van der Waals surface area contributed by atoms with Crippen LogP contribution in [0.3, 0.4) is 0 Å². The zero-order chi connectivity index (χ0) is 19.7. The molecule has 1 amide bonds. The Bertz CT molecular complexity index is 1120. The predicted octanol–water partition coefficient (Wildman–Crippen LogP) is 2.87. The van der Waals surface area contributed by atoms with E-state index in [2.05, 4.69) is 4.98 Å². The number of sulfone groups is 1. The van der Waals surface area contributed by atoms with Crippen LogP contribution in [0.25, 0.3) is 0 Å². The van der Waals surface area contributed by atoms with E-state index >= 15 is 0 Å². The van der Waals surface area contributed by atoms with Crippen molar-refractivity contribution in [1.29, 1.82) is 0 Å². The number of carbonyl (C=O) groups excluding carboxylic acids is 1. The molecule has 2 aromatic carbocycles. The number of aromatic nitrogens is 1. The van der Waals surface area contributed by atoms with Crippen LogP contribution in [0.1, 0.15) is 33.3 Å². The molecule has 3 aromatic rings. The fourth-order valence-electron chi connectivity index (χ4n) is 3.31. The van der Waals surface area contributed by atoms with E-state index < -0.39 is 9.84 Å². The Balaban J connectivity index is 1.52. The second kappa shape index (κ2) is 7.24. The highest BCUT2D eigenvalue weighted by molar-refractivity contribution is 7.90. The van der Waals surface area contributed by atoms with Gasteiger partial charge >= 0.3 is 0 Å². The maximum absolute atomic E-state index is 12.9. The van der Waals surface area contributed by atoms with Gasteiger partial charge in [0.1, 0.15) is 11.5 Å². The average molecular weight is 396 g/mol. The first-order valence-corrected chi connectivity index (χ1v) is 10.9. The van der Waals surface area contributed by atoms with Crippen molar-refractivity contribution < 1.29 is 17.6 Å². The van der Waals surface area contributed by atoms with Gasteiger partial charge in [0.25, 0.3) is 5.91 Å². The Morgan fingerprint density at radius 2 is 1.93 bits per heavy atom. The highest BCUT2D eigenvalue weighted by Gasteiger charge is 2.26. The summed E-state index contributed by atoms with van der Waals surface area (Å²) in [7, 11) is -3.36. The molecule has 6 nitrogen and oxygen atoms in total. The summed E-state index contributed by atoms with van der Waals surface area (Å²) in [5.74, 6) is 1.26. The summed E-state index contributed by atoms with van der Waals surface area (Å²) in [6.07, 6.45) is 2.33. The summed E-state index contributed by atoms with van der Waals surface area (Å²) in [4.78, 5) is 19.3. The number of fused-ring (bicyclic) bond motifs is 1. The van der Waals surface area contributed by atoms with Crippen LogP contribution in [0.2, 0.25) is 0 Å². The van der Waals surface area contributed by atoms with Crippen LogP contribution in [-0.2, 0) is 29.2 Å². The monoisotopic (exact) mass is 396 g/mol. The van der Waals surface area contributed by atoms with Crippen molar-refractivity contribution >= 4 is 15.7 Å². The standard InChI is InChI=1S/C21H20N2O4S/c1-28(25,26)17-9-5-8-16(13-17)21(24)23-11-10-19-18(14-23)22-20(27-19)12-15-6-3-2-4-7-15/h2-9,13H,10-12,14H2,1H3. The summed E-state index contributed by atoms with van der Waals surface area (Å²) < 4.78 is 29.4. The molecule has 0 fully saturated rings. The predicted molar refractivity (Wildman–Crippen MR) is 104 cm³/mol. The van der Waals surface area contributed by atoms with Crippen molar-refractivity contribution in [3.05, 3.63) is 83.1 Å². The lowest BCUT2D eigenvalue weighted by atomic mass is 10.1. The minimum atomic E-state index is -3.36. The first kappa shape index (κ1) is 18.4. The van der Waals surface area contributed by atoms with Crippen LogP contribution in [-0.4, -0.2) is 37.0 Å². The number of carbonyl (C=O) groups is 1. The smallest absolute Gasteiger partial charge is 0.254 e. The minimum Gasteiger partial charge on any atom is -0.445 e. The molecule has 28 heavy (non-hydrogen) atoms. The van der Waals surface area contributed by atoms with Crippen molar-refractivity contribution in [2.24, 2.45) is 0 Å². The molecule has 0 spiro atoms. The Morgan fingerprint density at radius 1 is 1.14 bits per heavy atom. The quantitative estimate of drug-likeness (QED) is 0.677. The Morgan fingerprint density at radius 3 is 2.68 bits per heavy atom. The molecule has 144 valence electrons. The third-order valence-electron chi connectivity index (χ3n) is 4.77. The molecular weight excluding hydrogens is 376 g/mol. The largest absolute Gasteiger partial charge is 0.445 e. The molecule has 1 aliphatic rings. The lowest BCUT2D eigenvalue weighted by Crippen LogP contribution is -2.35. The Labute approximate surface area is 163 Å². The average Bonchev–Trinajstić information content (AvgIpc) is 3.09. The van der Waals surface area contributed by atoms with Crippen LogP contribution >= 0.6 is 0 Å². The highest BCUT2D eigenvalue weighted by atomic mass is 32.2. The number of hydrogen-bond donors (Lipinski definition) is 0. The molecule has 2 heterocycles. The van der Waals surface area contributed by atoms with Gasteiger partial charge in [0.15, 0.2) is 15.7 Å². The van der Waals surface area contributed by atoms with E-state index in [4.69, 9.17) is 4.42 Å². The van der Waals surface area contributed by atoms with Gasteiger partial charge in [-0.1, -0.05) is 36.4 Å². The van der Waals surface area contributed by atoms with Crippen LogP contribution in [0.15, 0.2) is 63.9 Å². The third kappa shape index (κ3) is 3.84. The Hall–Kier alpha value is -2.93. The normalized spacial score (nSPS) is 14.0. The molecule has 0 atom stereocenters. The number of benzene rings is 2. The molecule has 0 aliphatic carbocycles. The topological polar surface area (TPSA) is 80.5 Å². The van der Waals surface area contributed by atoms with Crippen LogP contribution < -0.4 is 0 Å². The van der Waals surface area contributed by atoms with Crippen molar-refractivity contribution in [2.45, 2.75) is 24.3 Å². The van der Waals surface area contributed by atoms with Gasteiger partial charge in [-0.05, 0) is 23.8 Å². The summed E-state index contributed by atoms with van der Waals surface area (Å²) in [6.45, 7) is 0.866. The highest BCUT2D eigenvalue weighted by Crippen LogP contribution is 2.23. The van der Waals surface area contributed by atoms with Gasteiger partial charge in [-0.25, -0.2) is 13.4 Å². The van der Waals surface area contributed by atoms with Crippen molar-refractivity contribution in [3.63, 3.8) is 0 Å². The number of rotatable bonds is 4. The van der Waals surface area contributed by atoms with Gasteiger partial charge in [0.2, 0.25) is 0 Å². The summed E-state index contributed by atoms with van der Waals surface area (Å²) in [5, 5.41) is 0. The second-order valence-electron chi connectivity index (χ2n) is 6.92. The zero-order valence-corrected chi connectivity index (χ0v) is 16.3. The maximum Gasteiger partial charge on any atom is 0.254 e. The van der Waals surface area contributed by atoms with Gasteiger partial charge < -0.3 is 9.32 Å². The van der Waals surface area contributed by atoms with E-state index in [9.17, 15) is 13.2 Å². The van der Waals surface area contributed by atoms with E-state index in [0.29, 0.717) is 37.4 Å². The van der Waals surface area contributed by atoms with E-state index in [1.807, 2.05) is 30.3 Å². The fraction of sp³-hybridized carbons (Fsp3) is 0.238. The van der Waals surface area contributed by atoms with E-state index in [1.54, 1.807) is 17.0 Å². The van der Waals surface area contributed by atoms with Gasteiger partial charge in [-0.2, -0.15) is 0 Å². The molecule has 0 saturated carbocycles. The zero-order valence-electron chi connectivity index (χ0n) is 15.5. The fourth-order valence-corrected chi connectivity index (χ4v) is 3.98. The molecule has 7 heteroatoms. The van der Waals surface area contributed by atoms with E-state index in [0.717, 1.165) is 23.3 Å². The molecule has 1 aromatic heterocycles. The summed E-state index contributed by atoms with van der Waals surface area (Å²) in [5.41, 5.74) is 2.25. The summed E-state index contributed by atoms with van der Waals surface area (Å²) in [6, 6.07) is 16.1. The number of nitrogens with zero attached hydrogens (tertiary/aromatic N) is 2. The minimum absolute atomic E-state index is 0.141. The van der Waals surface area contributed by atoms with Crippen molar-refractivity contribution in [2.75, 3.05) is 12.8 Å². The van der Waals surface area contributed by atoms with E-state index in [-0.39, 0.29) is 10.8 Å². The molecule has 0 bridgehead atoms. The lowest BCUT2D eigenvalue weighted by molar-refractivity contribution is 0.0727. The molecule has 0 radical (unpaired) electrons. The van der Waals surface area contributed by atoms with Gasteiger partial charge in [0, 0.05) is 31.2 Å². The van der Waals surface area contributed by atoms with E-state index in [1.165, 1.54) is 12.1 Å². The maximum atomic E-state index is 12.9. The second-order valence-corrected chi connectivity index (χ2v) is 8.93. The molecule has 1 aliphatic heterocycles. The third-order valence-corrected chi connectivity index (χ3v) is 5.88. The first-order chi connectivity index (χ1) is 13.4. The van der Waals surface area contributed by atoms with Gasteiger partial charge in [0.05, 0.1) is 11.4 Å². The van der Waals surface area contributed by atoms with Crippen molar-refractivity contribution in [3.8, 4) is 0 Å². The molecule has 0 unspecified atom stereocenters. The number of amides is 1. The van der Waals surface area contributed by atoms with Crippen LogP contribution in [0.5, 0.6) is 0 Å². The van der Waals surface area contributed by atoms with Crippen LogP contribution in [0, 0.1) is 0 Å².